The van der Waals surface area contributed by atoms with Gasteiger partial charge in [0, 0.05) is 5.56 Å². The number of primary amides is 1. The monoisotopic (exact) mass is 285 g/mol. The van der Waals surface area contributed by atoms with Crippen LogP contribution in [0.25, 0.3) is 0 Å². The van der Waals surface area contributed by atoms with Crippen molar-refractivity contribution in [3.05, 3.63) is 65.7 Å². The van der Waals surface area contributed by atoms with E-state index >= 15 is 0 Å². The average molecular weight is 285 g/mol. The van der Waals surface area contributed by atoms with Crippen LogP contribution in [0.1, 0.15) is 15.9 Å². The fourth-order valence-corrected chi connectivity index (χ4v) is 2.21. The first-order valence-electron chi connectivity index (χ1n) is 6.32. The predicted octanol–water partition coefficient (Wildman–Crippen LogP) is 0.990. The molecule has 0 spiro atoms. The molecule has 0 radical (unpaired) electrons. The lowest BCUT2D eigenvalue weighted by molar-refractivity contribution is -0.123. The van der Waals surface area contributed by atoms with Gasteiger partial charge in [0.1, 0.15) is 5.75 Å². The predicted molar refractivity (Wildman–Crippen MR) is 76.8 cm³/mol. The van der Waals surface area contributed by atoms with Crippen molar-refractivity contribution in [2.45, 2.75) is 5.41 Å². The van der Waals surface area contributed by atoms with Crippen LogP contribution in [0, 0.1) is 0 Å². The summed E-state index contributed by atoms with van der Waals surface area (Å²) < 4.78 is 0. The Morgan fingerprint density at radius 1 is 1.00 bits per heavy atom. The van der Waals surface area contributed by atoms with Gasteiger partial charge in [-0.15, -0.1) is 0 Å². The molecule has 0 heterocycles. The van der Waals surface area contributed by atoms with E-state index in [4.69, 9.17) is 5.73 Å². The summed E-state index contributed by atoms with van der Waals surface area (Å²) in [6.07, 6.45) is 0. The van der Waals surface area contributed by atoms with Gasteiger partial charge in [-0.2, -0.15) is 0 Å². The highest BCUT2D eigenvalue weighted by Crippen LogP contribution is 2.29. The van der Waals surface area contributed by atoms with Gasteiger partial charge in [-0.3, -0.25) is 9.59 Å². The minimum absolute atomic E-state index is 0.0118. The molecular weight excluding hydrogens is 270 g/mol. The number of ketones is 1. The summed E-state index contributed by atoms with van der Waals surface area (Å²) in [4.78, 5) is 24.6. The molecule has 0 aliphatic rings. The largest absolute Gasteiger partial charge is 0.508 e. The number of amides is 1. The second-order valence-corrected chi connectivity index (χ2v) is 4.67. The van der Waals surface area contributed by atoms with Gasteiger partial charge in [0.2, 0.25) is 5.91 Å². The Morgan fingerprint density at radius 2 is 1.57 bits per heavy atom. The normalized spacial score (nSPS) is 13.4. The Bertz CT molecular complexity index is 652. The second-order valence-electron chi connectivity index (χ2n) is 4.67. The van der Waals surface area contributed by atoms with Gasteiger partial charge in [0.05, 0.1) is 6.61 Å². The molecule has 4 N–H and O–H groups in total. The quantitative estimate of drug-likeness (QED) is 0.563. The Kier molecular flexibility index (Phi) is 4.05. The van der Waals surface area contributed by atoms with Crippen molar-refractivity contribution in [2.75, 3.05) is 6.61 Å². The summed E-state index contributed by atoms with van der Waals surface area (Å²) in [5.41, 5.74) is 4.06. The second kappa shape index (κ2) is 5.76. The van der Waals surface area contributed by atoms with Gasteiger partial charge in [0.25, 0.3) is 0 Å². The fraction of sp³-hybridized carbons (Fsp3) is 0.125. The van der Waals surface area contributed by atoms with Gasteiger partial charge in [0.15, 0.2) is 11.2 Å². The van der Waals surface area contributed by atoms with Crippen molar-refractivity contribution in [2.24, 2.45) is 5.73 Å². The zero-order valence-electron chi connectivity index (χ0n) is 11.2. The van der Waals surface area contributed by atoms with Crippen LogP contribution < -0.4 is 5.73 Å². The van der Waals surface area contributed by atoms with Crippen LogP contribution in [0.5, 0.6) is 5.75 Å². The number of aliphatic hydroxyl groups excluding tert-OH is 1. The van der Waals surface area contributed by atoms with E-state index in [9.17, 15) is 19.8 Å². The Labute approximate surface area is 121 Å². The molecule has 5 heteroatoms. The van der Waals surface area contributed by atoms with Gasteiger partial charge in [-0.05, 0) is 17.7 Å². The summed E-state index contributed by atoms with van der Waals surface area (Å²) in [5.74, 6) is -1.53. The summed E-state index contributed by atoms with van der Waals surface area (Å²) in [6.45, 7) is -0.749. The standard InChI is InChI=1S/C16H15NO4/c17-15(21)16(10-18,12-6-8-13(19)9-7-12)14(20)11-4-2-1-3-5-11/h1-9,18-19H,10H2,(H2,17,21). The number of phenols is 1. The van der Waals surface area contributed by atoms with Crippen LogP contribution in [-0.2, 0) is 10.2 Å². The van der Waals surface area contributed by atoms with E-state index in [1.165, 1.54) is 24.3 Å². The van der Waals surface area contributed by atoms with Crippen molar-refractivity contribution in [1.82, 2.24) is 0 Å². The number of carbonyl (C=O) groups excluding carboxylic acids is 2. The highest BCUT2D eigenvalue weighted by atomic mass is 16.3. The number of benzene rings is 2. The number of hydrogen-bond donors (Lipinski definition) is 3. The Morgan fingerprint density at radius 3 is 2.05 bits per heavy atom. The first kappa shape index (κ1) is 14.7. The van der Waals surface area contributed by atoms with Crippen LogP contribution >= 0.6 is 0 Å². The molecule has 108 valence electrons. The minimum atomic E-state index is -1.87. The summed E-state index contributed by atoms with van der Waals surface area (Å²) >= 11 is 0. The van der Waals surface area contributed by atoms with E-state index in [1.54, 1.807) is 30.3 Å². The highest BCUT2D eigenvalue weighted by molar-refractivity contribution is 6.18. The molecule has 0 fully saturated rings. The van der Waals surface area contributed by atoms with E-state index in [0.717, 1.165) is 0 Å². The van der Waals surface area contributed by atoms with Crippen molar-refractivity contribution < 1.29 is 19.8 Å². The maximum Gasteiger partial charge on any atom is 0.238 e. The number of aromatic hydroxyl groups is 1. The molecule has 1 amide bonds. The number of carbonyl (C=O) groups is 2. The molecular formula is C16H15NO4. The van der Waals surface area contributed by atoms with Crippen LogP contribution in [0.3, 0.4) is 0 Å². The van der Waals surface area contributed by atoms with Gasteiger partial charge < -0.3 is 15.9 Å². The third kappa shape index (κ3) is 2.51. The van der Waals surface area contributed by atoms with Crippen molar-refractivity contribution in [3.63, 3.8) is 0 Å². The van der Waals surface area contributed by atoms with Gasteiger partial charge >= 0.3 is 0 Å². The topological polar surface area (TPSA) is 101 Å². The van der Waals surface area contributed by atoms with Crippen LogP contribution in [0.15, 0.2) is 54.6 Å². The zero-order valence-corrected chi connectivity index (χ0v) is 11.2. The first-order chi connectivity index (χ1) is 10.0. The maximum absolute atomic E-state index is 12.7. The number of nitrogens with two attached hydrogens (primary N) is 1. The maximum atomic E-state index is 12.7. The number of hydrogen-bond acceptors (Lipinski definition) is 4. The van der Waals surface area contributed by atoms with Crippen LogP contribution in [0.4, 0.5) is 0 Å². The molecule has 1 atom stereocenters. The molecule has 2 rings (SSSR count). The van der Waals surface area contributed by atoms with E-state index in [-0.39, 0.29) is 16.9 Å². The van der Waals surface area contributed by atoms with Gasteiger partial charge in [-0.1, -0.05) is 42.5 Å². The van der Waals surface area contributed by atoms with E-state index < -0.39 is 23.7 Å². The summed E-state index contributed by atoms with van der Waals surface area (Å²) in [7, 11) is 0. The van der Waals surface area contributed by atoms with Crippen LogP contribution in [0.2, 0.25) is 0 Å². The number of aliphatic hydroxyl groups is 1. The van der Waals surface area contributed by atoms with E-state index in [2.05, 4.69) is 0 Å². The molecule has 0 aliphatic heterocycles. The van der Waals surface area contributed by atoms with Crippen molar-refractivity contribution in [1.29, 1.82) is 0 Å². The molecule has 5 nitrogen and oxygen atoms in total. The molecule has 0 aliphatic carbocycles. The number of rotatable bonds is 5. The Balaban J connectivity index is 2.60. The third-order valence-corrected chi connectivity index (χ3v) is 3.44. The average Bonchev–Trinajstić information content (AvgIpc) is 2.50. The van der Waals surface area contributed by atoms with Crippen LogP contribution in [-0.4, -0.2) is 28.5 Å². The first-order valence-corrected chi connectivity index (χ1v) is 6.32. The molecule has 2 aromatic rings. The smallest absolute Gasteiger partial charge is 0.238 e. The summed E-state index contributed by atoms with van der Waals surface area (Å²) in [6, 6.07) is 13.6. The molecule has 0 bridgehead atoms. The molecule has 0 saturated heterocycles. The van der Waals surface area contributed by atoms with Crippen molar-refractivity contribution >= 4 is 11.7 Å². The molecule has 1 unspecified atom stereocenters. The van der Waals surface area contributed by atoms with E-state index in [0.29, 0.717) is 0 Å². The highest BCUT2D eigenvalue weighted by Gasteiger charge is 2.46. The number of Topliss-reactive ketones (excluding diaryl/α,β-unsaturated/α-hetero) is 1. The lowest BCUT2D eigenvalue weighted by Crippen LogP contribution is -2.50. The SMILES string of the molecule is NC(=O)C(CO)(C(=O)c1ccccc1)c1ccc(O)cc1. The Hall–Kier alpha value is -2.66. The third-order valence-electron chi connectivity index (χ3n) is 3.44. The van der Waals surface area contributed by atoms with Gasteiger partial charge in [-0.25, -0.2) is 0 Å². The van der Waals surface area contributed by atoms with E-state index in [1.807, 2.05) is 0 Å². The minimum Gasteiger partial charge on any atom is -0.508 e. The lowest BCUT2D eigenvalue weighted by Gasteiger charge is -2.27. The summed E-state index contributed by atoms with van der Waals surface area (Å²) in [5, 5.41) is 19.0. The van der Waals surface area contributed by atoms with Crippen molar-refractivity contribution in [3.8, 4) is 5.75 Å². The molecule has 0 aromatic heterocycles. The molecule has 2 aromatic carbocycles. The lowest BCUT2D eigenvalue weighted by atomic mass is 9.74. The molecule has 0 saturated carbocycles. The fourth-order valence-electron chi connectivity index (χ4n) is 2.21. The zero-order chi connectivity index (χ0) is 15.5. The molecule has 21 heavy (non-hydrogen) atoms. The number of phenolic OH excluding ortho intramolecular Hbond substituents is 1.